The molecule has 2 unspecified atom stereocenters. The van der Waals surface area contributed by atoms with Gasteiger partial charge >= 0.3 is 5.97 Å². The summed E-state index contributed by atoms with van der Waals surface area (Å²) < 4.78 is 0. The quantitative estimate of drug-likeness (QED) is 0.709. The maximum atomic E-state index is 11.9. The highest BCUT2D eigenvalue weighted by molar-refractivity contribution is 5.80. The van der Waals surface area contributed by atoms with Crippen molar-refractivity contribution in [2.24, 2.45) is 17.8 Å². The van der Waals surface area contributed by atoms with Gasteiger partial charge in [0.2, 0.25) is 5.91 Å². The van der Waals surface area contributed by atoms with E-state index < -0.39 is 11.9 Å². The van der Waals surface area contributed by atoms with Gasteiger partial charge in [-0.05, 0) is 31.6 Å². The molecule has 100 valence electrons. The standard InChI is InChI=1S/C14H21NO3/c16-13(11-4-2-1-3-5-11)15-9-12(14(17)18)8-10-6-7-10/h1-2,10-12H,3-9H2,(H,15,16)(H,17,18). The van der Waals surface area contributed by atoms with E-state index in [1.807, 2.05) is 6.08 Å². The number of carboxylic acids is 1. The third kappa shape index (κ3) is 3.86. The molecule has 0 radical (unpaired) electrons. The summed E-state index contributed by atoms with van der Waals surface area (Å²) in [7, 11) is 0. The van der Waals surface area contributed by atoms with Crippen molar-refractivity contribution < 1.29 is 14.7 Å². The van der Waals surface area contributed by atoms with E-state index in [-0.39, 0.29) is 18.4 Å². The first-order valence-corrected chi connectivity index (χ1v) is 6.82. The normalized spacial score (nSPS) is 24.6. The van der Waals surface area contributed by atoms with Gasteiger partial charge < -0.3 is 10.4 Å². The molecule has 0 aromatic rings. The van der Waals surface area contributed by atoms with Crippen molar-refractivity contribution in [1.82, 2.24) is 5.32 Å². The van der Waals surface area contributed by atoms with E-state index in [0.29, 0.717) is 12.3 Å². The van der Waals surface area contributed by atoms with Crippen molar-refractivity contribution in [3.8, 4) is 0 Å². The van der Waals surface area contributed by atoms with Crippen LogP contribution in [0.3, 0.4) is 0 Å². The fourth-order valence-electron chi connectivity index (χ4n) is 2.43. The van der Waals surface area contributed by atoms with Gasteiger partial charge in [0.1, 0.15) is 0 Å². The summed E-state index contributed by atoms with van der Waals surface area (Å²) in [6, 6.07) is 0. The number of carboxylic acid groups (broad SMARTS) is 1. The zero-order valence-corrected chi connectivity index (χ0v) is 10.6. The Labute approximate surface area is 107 Å². The highest BCUT2D eigenvalue weighted by Crippen LogP contribution is 2.35. The van der Waals surface area contributed by atoms with Crippen molar-refractivity contribution >= 4 is 11.9 Å². The van der Waals surface area contributed by atoms with Crippen LogP contribution in [0.15, 0.2) is 12.2 Å². The largest absolute Gasteiger partial charge is 0.481 e. The SMILES string of the molecule is O=C(O)C(CNC(=O)C1CC=CCC1)CC1CC1. The van der Waals surface area contributed by atoms with Gasteiger partial charge in [0, 0.05) is 12.5 Å². The third-order valence-electron chi connectivity index (χ3n) is 3.83. The molecule has 1 amide bonds. The van der Waals surface area contributed by atoms with Crippen LogP contribution in [0.25, 0.3) is 0 Å². The smallest absolute Gasteiger partial charge is 0.308 e. The number of carbonyl (C=O) groups is 2. The molecule has 0 heterocycles. The number of nitrogens with one attached hydrogen (secondary N) is 1. The molecule has 0 aliphatic heterocycles. The molecule has 0 spiro atoms. The lowest BCUT2D eigenvalue weighted by molar-refractivity contribution is -0.142. The molecule has 2 aliphatic carbocycles. The van der Waals surface area contributed by atoms with Gasteiger partial charge in [-0.3, -0.25) is 9.59 Å². The Morgan fingerprint density at radius 2 is 2.06 bits per heavy atom. The Morgan fingerprint density at radius 3 is 2.61 bits per heavy atom. The summed E-state index contributed by atoms with van der Waals surface area (Å²) in [4.78, 5) is 23.0. The number of aliphatic carboxylic acids is 1. The molecule has 2 N–H and O–H groups in total. The predicted octanol–water partition coefficient (Wildman–Crippen LogP) is 1.96. The van der Waals surface area contributed by atoms with Crippen LogP contribution < -0.4 is 5.32 Å². The van der Waals surface area contributed by atoms with Crippen LogP contribution in [0, 0.1) is 17.8 Å². The molecule has 0 bridgehead atoms. The predicted molar refractivity (Wildman–Crippen MR) is 68.0 cm³/mol. The molecular formula is C14H21NO3. The van der Waals surface area contributed by atoms with Crippen molar-refractivity contribution in [2.45, 2.75) is 38.5 Å². The lowest BCUT2D eigenvalue weighted by Crippen LogP contribution is -2.37. The molecule has 1 fully saturated rings. The highest BCUT2D eigenvalue weighted by Gasteiger charge is 2.30. The van der Waals surface area contributed by atoms with E-state index in [1.165, 1.54) is 0 Å². The van der Waals surface area contributed by atoms with Crippen molar-refractivity contribution in [3.63, 3.8) is 0 Å². The average Bonchev–Trinajstić information content (AvgIpc) is 3.18. The summed E-state index contributed by atoms with van der Waals surface area (Å²) >= 11 is 0. The molecule has 0 aromatic carbocycles. The molecule has 2 rings (SSSR count). The van der Waals surface area contributed by atoms with E-state index in [2.05, 4.69) is 11.4 Å². The molecule has 2 atom stereocenters. The first-order valence-electron chi connectivity index (χ1n) is 6.82. The lowest BCUT2D eigenvalue weighted by atomic mass is 9.93. The Balaban J connectivity index is 1.75. The Kier molecular flexibility index (Phi) is 4.39. The van der Waals surface area contributed by atoms with E-state index in [0.717, 1.165) is 32.1 Å². The minimum absolute atomic E-state index is 0.0152. The van der Waals surface area contributed by atoms with Gasteiger partial charge in [-0.2, -0.15) is 0 Å². The second kappa shape index (κ2) is 6.03. The fraction of sp³-hybridized carbons (Fsp3) is 0.714. The minimum atomic E-state index is -0.786. The number of rotatable bonds is 6. The number of allylic oxidation sites excluding steroid dienone is 2. The fourth-order valence-corrected chi connectivity index (χ4v) is 2.43. The molecule has 1 saturated carbocycles. The topological polar surface area (TPSA) is 66.4 Å². The molecular weight excluding hydrogens is 230 g/mol. The monoisotopic (exact) mass is 251 g/mol. The van der Waals surface area contributed by atoms with Crippen LogP contribution in [0.2, 0.25) is 0 Å². The second-order valence-electron chi connectivity index (χ2n) is 5.44. The van der Waals surface area contributed by atoms with Gasteiger partial charge in [-0.25, -0.2) is 0 Å². The van der Waals surface area contributed by atoms with Gasteiger partial charge in [-0.15, -0.1) is 0 Å². The number of hydrogen-bond acceptors (Lipinski definition) is 2. The van der Waals surface area contributed by atoms with E-state index in [1.54, 1.807) is 0 Å². The zero-order chi connectivity index (χ0) is 13.0. The lowest BCUT2D eigenvalue weighted by Gasteiger charge is -2.19. The van der Waals surface area contributed by atoms with Gasteiger partial charge in [0.15, 0.2) is 0 Å². The van der Waals surface area contributed by atoms with Crippen molar-refractivity contribution in [2.75, 3.05) is 6.54 Å². The molecule has 2 aliphatic rings. The van der Waals surface area contributed by atoms with Gasteiger partial charge in [0.25, 0.3) is 0 Å². The molecule has 0 saturated heterocycles. The van der Waals surface area contributed by atoms with Gasteiger partial charge in [0.05, 0.1) is 5.92 Å². The second-order valence-corrected chi connectivity index (χ2v) is 5.44. The maximum Gasteiger partial charge on any atom is 0.308 e. The number of carbonyl (C=O) groups excluding carboxylic acids is 1. The summed E-state index contributed by atoms with van der Waals surface area (Å²) in [6.45, 7) is 0.283. The summed E-state index contributed by atoms with van der Waals surface area (Å²) in [6.07, 6.45) is 9.73. The summed E-state index contributed by atoms with van der Waals surface area (Å²) in [5.74, 6) is -0.585. The number of amides is 1. The highest BCUT2D eigenvalue weighted by atomic mass is 16.4. The van der Waals surface area contributed by atoms with Crippen LogP contribution in [0.5, 0.6) is 0 Å². The zero-order valence-electron chi connectivity index (χ0n) is 10.6. The van der Waals surface area contributed by atoms with Crippen molar-refractivity contribution in [3.05, 3.63) is 12.2 Å². The molecule has 4 heteroatoms. The van der Waals surface area contributed by atoms with Crippen LogP contribution in [0.1, 0.15) is 38.5 Å². The molecule has 0 aromatic heterocycles. The van der Waals surface area contributed by atoms with E-state index in [9.17, 15) is 9.59 Å². The number of hydrogen-bond donors (Lipinski definition) is 2. The Bertz CT molecular complexity index is 347. The summed E-state index contributed by atoms with van der Waals surface area (Å²) in [5, 5.41) is 11.9. The van der Waals surface area contributed by atoms with Crippen molar-refractivity contribution in [1.29, 1.82) is 0 Å². The molecule has 18 heavy (non-hydrogen) atoms. The van der Waals surface area contributed by atoms with E-state index in [4.69, 9.17) is 5.11 Å². The van der Waals surface area contributed by atoms with Crippen LogP contribution in [-0.2, 0) is 9.59 Å². The maximum absolute atomic E-state index is 11.9. The Morgan fingerprint density at radius 1 is 1.28 bits per heavy atom. The van der Waals surface area contributed by atoms with Crippen LogP contribution in [0.4, 0.5) is 0 Å². The first-order chi connectivity index (χ1) is 8.66. The third-order valence-corrected chi connectivity index (χ3v) is 3.83. The minimum Gasteiger partial charge on any atom is -0.481 e. The average molecular weight is 251 g/mol. The van der Waals surface area contributed by atoms with Crippen LogP contribution in [-0.4, -0.2) is 23.5 Å². The Hall–Kier alpha value is -1.32. The molecule has 4 nitrogen and oxygen atoms in total. The first kappa shape index (κ1) is 13.1. The van der Waals surface area contributed by atoms with E-state index >= 15 is 0 Å². The van der Waals surface area contributed by atoms with Crippen LogP contribution >= 0.6 is 0 Å². The van der Waals surface area contributed by atoms with Gasteiger partial charge in [-0.1, -0.05) is 25.0 Å². The summed E-state index contributed by atoms with van der Waals surface area (Å²) in [5.41, 5.74) is 0.